The van der Waals surface area contributed by atoms with Crippen molar-refractivity contribution in [1.29, 1.82) is 0 Å². The summed E-state index contributed by atoms with van der Waals surface area (Å²) in [5, 5.41) is 20.1. The van der Waals surface area contributed by atoms with Crippen molar-refractivity contribution in [3.05, 3.63) is 75.8 Å². The van der Waals surface area contributed by atoms with E-state index in [1.54, 1.807) is 19.1 Å². The fraction of sp³-hybridized carbons (Fsp3) is 0.125. The SMILES string of the molecule is COc1cc2c(c(OS(=O)(=O)c3ccc(C)cc3)c1C(C)=O)C(=O)c1c(O)cc(O)cc1C2=O. The molecule has 0 aromatic heterocycles. The quantitative estimate of drug-likeness (QED) is 0.324. The number of rotatable bonds is 5. The van der Waals surface area contributed by atoms with Crippen LogP contribution >= 0.6 is 0 Å². The Morgan fingerprint density at radius 3 is 2.12 bits per heavy atom. The number of aryl methyl sites for hydroxylation is 1. The minimum atomic E-state index is -4.55. The van der Waals surface area contributed by atoms with E-state index >= 15 is 0 Å². The largest absolute Gasteiger partial charge is 0.508 e. The smallest absolute Gasteiger partial charge is 0.339 e. The third kappa shape index (κ3) is 3.57. The first-order valence-corrected chi connectivity index (χ1v) is 11.3. The van der Waals surface area contributed by atoms with Crippen molar-refractivity contribution in [3.63, 3.8) is 0 Å². The van der Waals surface area contributed by atoms with Gasteiger partial charge in [0.05, 0.1) is 18.2 Å². The lowest BCUT2D eigenvalue weighted by Gasteiger charge is -2.23. The van der Waals surface area contributed by atoms with E-state index in [4.69, 9.17) is 8.92 Å². The van der Waals surface area contributed by atoms with Gasteiger partial charge in [0, 0.05) is 17.2 Å². The molecule has 34 heavy (non-hydrogen) atoms. The summed E-state index contributed by atoms with van der Waals surface area (Å²) in [6, 6.07) is 8.67. The van der Waals surface area contributed by atoms with Gasteiger partial charge in [-0.15, -0.1) is 0 Å². The van der Waals surface area contributed by atoms with Crippen molar-refractivity contribution < 1.29 is 41.9 Å². The van der Waals surface area contributed by atoms with Crippen LogP contribution in [-0.4, -0.2) is 43.1 Å². The number of phenolic OH excluding ortho intramolecular Hbond substituents is 2. The van der Waals surface area contributed by atoms with Gasteiger partial charge >= 0.3 is 10.1 Å². The maximum atomic E-state index is 13.4. The standard InChI is InChI=1S/C24H18O9S/c1-11-4-6-14(7-5-11)34(30,31)33-24-19(12(2)25)18(32-3)10-16-21(24)23(29)20-15(22(16)28)8-13(26)9-17(20)27/h4-10,26-27H,1-3H3. The summed E-state index contributed by atoms with van der Waals surface area (Å²) in [6.45, 7) is 2.88. The zero-order chi connectivity index (χ0) is 24.9. The van der Waals surface area contributed by atoms with Crippen molar-refractivity contribution in [2.24, 2.45) is 0 Å². The molecule has 0 spiro atoms. The third-order valence-corrected chi connectivity index (χ3v) is 6.60. The van der Waals surface area contributed by atoms with Crippen LogP contribution in [-0.2, 0) is 10.1 Å². The highest BCUT2D eigenvalue weighted by molar-refractivity contribution is 7.87. The molecule has 0 aliphatic heterocycles. The highest BCUT2D eigenvalue weighted by Crippen LogP contribution is 2.44. The molecule has 0 saturated carbocycles. The van der Waals surface area contributed by atoms with Crippen LogP contribution in [0, 0.1) is 6.92 Å². The minimum absolute atomic E-state index is 0.186. The topological polar surface area (TPSA) is 144 Å². The Hall–Kier alpha value is -4.18. The maximum absolute atomic E-state index is 13.4. The van der Waals surface area contributed by atoms with E-state index in [0.29, 0.717) is 0 Å². The molecule has 9 nitrogen and oxygen atoms in total. The first-order chi connectivity index (χ1) is 16.0. The van der Waals surface area contributed by atoms with Gasteiger partial charge in [-0.2, -0.15) is 8.42 Å². The highest BCUT2D eigenvalue weighted by atomic mass is 32.2. The molecule has 0 saturated heterocycles. The van der Waals surface area contributed by atoms with Crippen LogP contribution in [0.5, 0.6) is 23.0 Å². The van der Waals surface area contributed by atoms with Gasteiger partial charge in [-0.3, -0.25) is 14.4 Å². The molecule has 3 aromatic rings. The summed E-state index contributed by atoms with van der Waals surface area (Å²) in [5.41, 5.74) is -1.13. The van der Waals surface area contributed by atoms with Crippen molar-refractivity contribution in [3.8, 4) is 23.0 Å². The van der Waals surface area contributed by atoms with Crippen molar-refractivity contribution in [2.75, 3.05) is 7.11 Å². The Bertz CT molecular complexity index is 1500. The van der Waals surface area contributed by atoms with Crippen LogP contribution in [0.15, 0.2) is 47.4 Å². The molecule has 1 aliphatic carbocycles. The highest BCUT2D eigenvalue weighted by Gasteiger charge is 2.39. The molecule has 2 N–H and O–H groups in total. The summed E-state index contributed by atoms with van der Waals surface area (Å²) in [5.74, 6) is -4.45. The van der Waals surface area contributed by atoms with Gasteiger partial charge in [-0.1, -0.05) is 17.7 Å². The molecule has 3 aromatic carbocycles. The first-order valence-electron chi connectivity index (χ1n) is 9.88. The van der Waals surface area contributed by atoms with E-state index in [-0.39, 0.29) is 27.3 Å². The second-order valence-corrected chi connectivity index (χ2v) is 9.20. The number of Topliss-reactive ketones (excluding diaryl/α,β-unsaturated/α-hetero) is 1. The lowest BCUT2D eigenvalue weighted by Crippen LogP contribution is -2.25. The van der Waals surface area contributed by atoms with E-state index in [9.17, 15) is 33.0 Å². The van der Waals surface area contributed by atoms with Gasteiger partial charge < -0.3 is 19.1 Å². The summed E-state index contributed by atoms with van der Waals surface area (Å²) in [4.78, 5) is 38.9. The predicted molar refractivity (Wildman–Crippen MR) is 119 cm³/mol. The van der Waals surface area contributed by atoms with Crippen LogP contribution in [0.4, 0.5) is 0 Å². The molecule has 0 bridgehead atoms. The molecule has 0 fully saturated rings. The maximum Gasteiger partial charge on any atom is 0.339 e. The molecular formula is C24H18O9S. The normalized spacial score (nSPS) is 12.7. The molecule has 0 unspecified atom stereocenters. The van der Waals surface area contributed by atoms with Gasteiger partial charge in [0.1, 0.15) is 27.7 Å². The van der Waals surface area contributed by atoms with E-state index in [0.717, 1.165) is 30.7 Å². The van der Waals surface area contributed by atoms with Gasteiger partial charge in [-0.25, -0.2) is 0 Å². The van der Waals surface area contributed by atoms with Crippen LogP contribution in [0.25, 0.3) is 0 Å². The number of aromatic hydroxyl groups is 2. The Morgan fingerprint density at radius 2 is 1.53 bits per heavy atom. The zero-order valence-electron chi connectivity index (χ0n) is 18.2. The average molecular weight is 482 g/mol. The molecular weight excluding hydrogens is 464 g/mol. The molecule has 0 atom stereocenters. The summed E-state index contributed by atoms with van der Waals surface area (Å²) >= 11 is 0. The van der Waals surface area contributed by atoms with E-state index in [2.05, 4.69) is 0 Å². The van der Waals surface area contributed by atoms with E-state index < -0.39 is 55.8 Å². The Kier molecular flexibility index (Phi) is 5.41. The number of carbonyl (C=O) groups is 3. The molecule has 10 heteroatoms. The van der Waals surface area contributed by atoms with Crippen LogP contribution in [0.2, 0.25) is 0 Å². The summed E-state index contributed by atoms with van der Waals surface area (Å²) in [7, 11) is -3.35. The number of methoxy groups -OCH3 is 1. The van der Waals surface area contributed by atoms with Crippen LogP contribution in [0.3, 0.4) is 0 Å². The van der Waals surface area contributed by atoms with Crippen molar-refractivity contribution in [2.45, 2.75) is 18.7 Å². The number of phenols is 2. The Morgan fingerprint density at radius 1 is 0.912 bits per heavy atom. The molecule has 174 valence electrons. The van der Waals surface area contributed by atoms with Crippen molar-refractivity contribution >= 4 is 27.5 Å². The molecule has 0 radical (unpaired) electrons. The Labute approximate surface area is 194 Å². The second-order valence-electron chi connectivity index (χ2n) is 7.66. The lowest BCUT2D eigenvalue weighted by molar-refractivity contribution is 0.0972. The predicted octanol–water partition coefficient (Wildman–Crippen LogP) is 3.16. The van der Waals surface area contributed by atoms with Gasteiger partial charge in [-0.05, 0) is 38.1 Å². The number of fused-ring (bicyclic) bond motifs is 2. The fourth-order valence-corrected chi connectivity index (χ4v) is 4.73. The Balaban J connectivity index is 2.04. The number of ketones is 3. The monoisotopic (exact) mass is 482 g/mol. The molecule has 4 rings (SSSR count). The fourth-order valence-electron chi connectivity index (χ4n) is 3.78. The number of hydrogen-bond donors (Lipinski definition) is 2. The zero-order valence-corrected chi connectivity index (χ0v) is 19.0. The summed E-state index contributed by atoms with van der Waals surface area (Å²) < 4.78 is 36.7. The van der Waals surface area contributed by atoms with E-state index in [1.165, 1.54) is 19.2 Å². The lowest BCUT2D eigenvalue weighted by atomic mass is 9.81. The van der Waals surface area contributed by atoms with Gasteiger partial charge in [0.2, 0.25) is 5.78 Å². The summed E-state index contributed by atoms with van der Waals surface area (Å²) in [6.07, 6.45) is 0. The molecule has 1 aliphatic rings. The van der Waals surface area contributed by atoms with Gasteiger partial charge in [0.25, 0.3) is 0 Å². The number of benzene rings is 3. The van der Waals surface area contributed by atoms with Gasteiger partial charge in [0.15, 0.2) is 17.3 Å². The van der Waals surface area contributed by atoms with E-state index in [1.807, 2.05) is 0 Å². The molecule has 0 amide bonds. The number of carbonyl (C=O) groups excluding carboxylic acids is 3. The molecule has 0 heterocycles. The minimum Gasteiger partial charge on any atom is -0.508 e. The number of hydrogen-bond acceptors (Lipinski definition) is 9. The average Bonchev–Trinajstić information content (AvgIpc) is 2.76. The van der Waals surface area contributed by atoms with Crippen LogP contribution in [0.1, 0.15) is 54.7 Å². The first kappa shape index (κ1) is 23.0. The van der Waals surface area contributed by atoms with Crippen molar-refractivity contribution in [1.82, 2.24) is 0 Å². The third-order valence-electron chi connectivity index (χ3n) is 5.37. The second kappa shape index (κ2) is 7.99. The van der Waals surface area contributed by atoms with Crippen LogP contribution < -0.4 is 8.92 Å². The number of ether oxygens (including phenoxy) is 1.